The van der Waals surface area contributed by atoms with Crippen molar-refractivity contribution in [3.63, 3.8) is 0 Å². The van der Waals surface area contributed by atoms with Crippen LogP contribution < -0.4 is 0 Å². The molecule has 0 bridgehead atoms. The Labute approximate surface area is 131 Å². The molecule has 112 valence electrons. The average molecular weight is 291 g/mol. The molecule has 0 saturated heterocycles. The van der Waals surface area contributed by atoms with Crippen LogP contribution in [-0.4, -0.2) is 14.5 Å². The Hall–Kier alpha value is -2.42. The molecule has 22 heavy (non-hydrogen) atoms. The maximum absolute atomic E-state index is 4.45. The smallest absolute Gasteiger partial charge is 0.0888 e. The molecule has 3 aromatic rings. The first kappa shape index (κ1) is 14.5. The van der Waals surface area contributed by atoms with Crippen molar-refractivity contribution in [1.29, 1.82) is 0 Å². The molecule has 0 unspecified atom stereocenters. The van der Waals surface area contributed by atoms with Gasteiger partial charge in [-0.3, -0.25) is 9.97 Å². The van der Waals surface area contributed by atoms with Crippen molar-refractivity contribution in [3.05, 3.63) is 72.3 Å². The van der Waals surface area contributed by atoms with E-state index < -0.39 is 0 Å². The zero-order valence-electron chi connectivity index (χ0n) is 12.9. The van der Waals surface area contributed by atoms with Crippen LogP contribution in [0, 0.1) is 6.92 Å². The fraction of sp³-hybridized carbons (Fsp3) is 0.263. The number of aryl methyl sites for hydroxylation is 3. The molecule has 3 rings (SSSR count). The Morgan fingerprint density at radius 3 is 2.41 bits per heavy atom. The fourth-order valence-electron chi connectivity index (χ4n) is 2.59. The predicted octanol–water partition coefficient (Wildman–Crippen LogP) is 4.28. The van der Waals surface area contributed by atoms with E-state index in [1.54, 1.807) is 0 Å². The summed E-state index contributed by atoms with van der Waals surface area (Å²) in [6.45, 7) is 3.17. The number of hydrogen-bond donors (Lipinski definition) is 0. The quantitative estimate of drug-likeness (QED) is 0.635. The summed E-state index contributed by atoms with van der Waals surface area (Å²) in [4.78, 5) is 8.87. The molecule has 0 radical (unpaired) electrons. The van der Waals surface area contributed by atoms with Gasteiger partial charge in [0.05, 0.1) is 11.4 Å². The van der Waals surface area contributed by atoms with E-state index in [0.717, 1.165) is 24.4 Å². The highest BCUT2D eigenvalue weighted by Crippen LogP contribution is 2.17. The second-order valence-corrected chi connectivity index (χ2v) is 5.65. The van der Waals surface area contributed by atoms with Crippen molar-refractivity contribution >= 4 is 0 Å². The van der Waals surface area contributed by atoms with Crippen LogP contribution in [0.25, 0.3) is 11.4 Å². The second-order valence-electron chi connectivity index (χ2n) is 5.65. The van der Waals surface area contributed by atoms with Gasteiger partial charge in [-0.15, -0.1) is 0 Å². The predicted molar refractivity (Wildman–Crippen MR) is 89.6 cm³/mol. The summed E-state index contributed by atoms with van der Waals surface area (Å²) in [6, 6.07) is 12.5. The summed E-state index contributed by atoms with van der Waals surface area (Å²) >= 11 is 0. The lowest BCUT2D eigenvalue weighted by Crippen LogP contribution is -1.96. The number of nitrogens with zero attached hydrogens (tertiary/aromatic N) is 3. The molecule has 0 atom stereocenters. The van der Waals surface area contributed by atoms with Gasteiger partial charge in [0.2, 0.25) is 0 Å². The van der Waals surface area contributed by atoms with Gasteiger partial charge in [0, 0.05) is 31.3 Å². The van der Waals surface area contributed by atoms with E-state index in [2.05, 4.69) is 64.2 Å². The fourth-order valence-corrected chi connectivity index (χ4v) is 2.59. The van der Waals surface area contributed by atoms with Crippen molar-refractivity contribution in [2.24, 2.45) is 0 Å². The molecule has 0 N–H and O–H groups in total. The summed E-state index contributed by atoms with van der Waals surface area (Å²) in [6.07, 6.45) is 11.4. The van der Waals surface area contributed by atoms with E-state index in [-0.39, 0.29) is 0 Å². The lowest BCUT2D eigenvalue weighted by atomic mass is 10.1. The summed E-state index contributed by atoms with van der Waals surface area (Å²) in [5.74, 6) is 0. The average Bonchev–Trinajstić information content (AvgIpc) is 3.05. The Bertz CT molecular complexity index is 717. The van der Waals surface area contributed by atoms with E-state index in [9.17, 15) is 0 Å². The molecule has 0 aliphatic carbocycles. The number of hydrogen-bond acceptors (Lipinski definition) is 2. The Kier molecular flexibility index (Phi) is 4.64. The molecule has 3 nitrogen and oxygen atoms in total. The topological polar surface area (TPSA) is 30.7 Å². The molecule has 3 heteroatoms. The lowest BCUT2D eigenvalue weighted by Gasteiger charge is -2.06. The minimum Gasteiger partial charge on any atom is -0.354 e. The highest BCUT2D eigenvalue weighted by Gasteiger charge is 2.03. The number of pyridine rings is 2. The zero-order valence-corrected chi connectivity index (χ0v) is 12.9. The van der Waals surface area contributed by atoms with Crippen LogP contribution in [0.15, 0.2) is 61.2 Å². The molecule has 0 saturated carbocycles. The zero-order chi connectivity index (χ0) is 15.2. The molecule has 0 fully saturated rings. The second kappa shape index (κ2) is 7.03. The van der Waals surface area contributed by atoms with Gasteiger partial charge >= 0.3 is 0 Å². The molecule has 0 aliphatic rings. The molecular formula is C19H21N3. The van der Waals surface area contributed by atoms with Gasteiger partial charge in [0.25, 0.3) is 0 Å². The summed E-state index contributed by atoms with van der Waals surface area (Å²) in [7, 11) is 0. The van der Waals surface area contributed by atoms with Gasteiger partial charge < -0.3 is 4.57 Å². The SMILES string of the molecule is Cc1ccnc(-c2cc(CCCCn3cccc3)ccn2)c1. The lowest BCUT2D eigenvalue weighted by molar-refractivity contribution is 0.611. The van der Waals surface area contributed by atoms with Gasteiger partial charge in [-0.05, 0) is 73.7 Å². The van der Waals surface area contributed by atoms with Crippen LogP contribution in [-0.2, 0) is 13.0 Å². The molecule has 3 heterocycles. The van der Waals surface area contributed by atoms with E-state index in [0.29, 0.717) is 0 Å². The van der Waals surface area contributed by atoms with Crippen LogP contribution in [0.1, 0.15) is 24.0 Å². The highest BCUT2D eigenvalue weighted by atomic mass is 14.9. The van der Waals surface area contributed by atoms with Crippen molar-refractivity contribution < 1.29 is 0 Å². The number of rotatable bonds is 6. The van der Waals surface area contributed by atoms with Gasteiger partial charge in [-0.1, -0.05) is 0 Å². The molecule has 0 spiro atoms. The van der Waals surface area contributed by atoms with Crippen LogP contribution >= 0.6 is 0 Å². The Morgan fingerprint density at radius 2 is 1.64 bits per heavy atom. The molecule has 0 amide bonds. The molecular weight excluding hydrogens is 270 g/mol. The van der Waals surface area contributed by atoms with E-state index in [4.69, 9.17) is 0 Å². The monoisotopic (exact) mass is 291 g/mol. The van der Waals surface area contributed by atoms with Gasteiger partial charge in [-0.2, -0.15) is 0 Å². The first-order valence-corrected chi connectivity index (χ1v) is 7.80. The van der Waals surface area contributed by atoms with Crippen LogP contribution in [0.3, 0.4) is 0 Å². The standard InChI is InChI=1S/C19H21N3/c1-16-7-9-20-18(14-16)19-15-17(8-10-21-19)6-2-3-11-22-12-4-5-13-22/h4-5,7-10,12-15H,2-3,6,11H2,1H3. The van der Waals surface area contributed by atoms with Gasteiger partial charge in [0.1, 0.15) is 0 Å². The van der Waals surface area contributed by atoms with Crippen molar-refractivity contribution in [2.45, 2.75) is 32.7 Å². The van der Waals surface area contributed by atoms with Gasteiger partial charge in [-0.25, -0.2) is 0 Å². The van der Waals surface area contributed by atoms with Crippen molar-refractivity contribution in [2.75, 3.05) is 0 Å². The van der Waals surface area contributed by atoms with Crippen LogP contribution in [0.4, 0.5) is 0 Å². The summed E-state index contributed by atoms with van der Waals surface area (Å²) < 4.78 is 2.23. The molecule has 0 aliphatic heterocycles. The minimum absolute atomic E-state index is 0.953. The van der Waals surface area contributed by atoms with Crippen LogP contribution in [0.5, 0.6) is 0 Å². The number of aromatic nitrogens is 3. The normalized spacial score (nSPS) is 10.8. The Morgan fingerprint density at radius 1 is 0.909 bits per heavy atom. The Balaban J connectivity index is 1.59. The third-order valence-electron chi connectivity index (χ3n) is 3.80. The van der Waals surface area contributed by atoms with Gasteiger partial charge in [0.15, 0.2) is 0 Å². The van der Waals surface area contributed by atoms with E-state index >= 15 is 0 Å². The first-order chi connectivity index (χ1) is 10.8. The maximum Gasteiger partial charge on any atom is 0.0888 e. The first-order valence-electron chi connectivity index (χ1n) is 7.80. The van der Waals surface area contributed by atoms with Crippen molar-refractivity contribution in [3.8, 4) is 11.4 Å². The van der Waals surface area contributed by atoms with Crippen molar-refractivity contribution in [1.82, 2.24) is 14.5 Å². The van der Waals surface area contributed by atoms with Crippen LogP contribution in [0.2, 0.25) is 0 Å². The van der Waals surface area contributed by atoms with E-state index in [1.807, 2.05) is 18.5 Å². The molecule has 3 aromatic heterocycles. The summed E-state index contributed by atoms with van der Waals surface area (Å²) in [5.41, 5.74) is 4.46. The minimum atomic E-state index is 0.953. The number of unbranched alkanes of at least 4 members (excludes halogenated alkanes) is 1. The summed E-state index contributed by atoms with van der Waals surface area (Å²) in [5, 5.41) is 0. The largest absolute Gasteiger partial charge is 0.354 e. The van der Waals surface area contributed by atoms with E-state index in [1.165, 1.54) is 24.0 Å². The maximum atomic E-state index is 4.45. The molecule has 0 aromatic carbocycles. The highest BCUT2D eigenvalue weighted by molar-refractivity contribution is 5.55. The third-order valence-corrected chi connectivity index (χ3v) is 3.80. The third kappa shape index (κ3) is 3.82.